The van der Waals surface area contributed by atoms with Gasteiger partial charge >= 0.3 is 0 Å². The normalized spacial score (nSPS) is 11.3. The first-order valence-electron chi connectivity index (χ1n) is 5.95. The van der Waals surface area contributed by atoms with Gasteiger partial charge in [0.2, 0.25) is 0 Å². The lowest BCUT2D eigenvalue weighted by molar-refractivity contribution is 0.0995. The van der Waals surface area contributed by atoms with Crippen molar-refractivity contribution in [2.24, 2.45) is 7.05 Å². The van der Waals surface area contributed by atoms with Gasteiger partial charge in [0.25, 0.3) is 0 Å². The second kappa shape index (κ2) is 5.38. The van der Waals surface area contributed by atoms with Crippen molar-refractivity contribution < 1.29 is 4.79 Å². The summed E-state index contributed by atoms with van der Waals surface area (Å²) < 4.78 is 5.45. The average Bonchev–Trinajstić information content (AvgIpc) is 2.90. The van der Waals surface area contributed by atoms with E-state index in [9.17, 15) is 4.79 Å². The van der Waals surface area contributed by atoms with Crippen LogP contribution in [-0.4, -0.2) is 25.2 Å². The molecule has 102 valence electrons. The molecule has 2 heterocycles. The van der Waals surface area contributed by atoms with Gasteiger partial charge in [0.1, 0.15) is 10.0 Å². The minimum atomic E-state index is -0.00306. The van der Waals surface area contributed by atoms with Crippen molar-refractivity contribution in [1.82, 2.24) is 19.4 Å². The maximum Gasteiger partial charge on any atom is 0.180 e. The van der Waals surface area contributed by atoms with E-state index >= 15 is 0 Å². The van der Waals surface area contributed by atoms with E-state index in [4.69, 9.17) is 11.6 Å². The highest BCUT2D eigenvalue weighted by atomic mass is 35.5. The van der Waals surface area contributed by atoms with Crippen LogP contribution in [-0.2, 0) is 13.5 Å². The maximum absolute atomic E-state index is 12.3. The molecule has 0 aliphatic rings. The van der Waals surface area contributed by atoms with Gasteiger partial charge in [0, 0.05) is 19.0 Å². The lowest BCUT2D eigenvalue weighted by Crippen LogP contribution is -2.06. The monoisotopic (exact) mass is 298 g/mol. The van der Waals surface area contributed by atoms with Crippen LogP contribution in [0.2, 0.25) is 5.15 Å². The fourth-order valence-corrected chi connectivity index (χ4v) is 2.88. The van der Waals surface area contributed by atoms with E-state index < -0.39 is 0 Å². The highest BCUT2D eigenvalue weighted by Crippen LogP contribution is 2.25. The number of carbonyl (C=O) groups is 1. The molecule has 0 aliphatic heterocycles. The van der Waals surface area contributed by atoms with Crippen molar-refractivity contribution in [2.75, 3.05) is 0 Å². The first kappa shape index (κ1) is 14.1. The molecule has 0 amide bonds. The van der Waals surface area contributed by atoms with Crippen LogP contribution in [0.1, 0.15) is 46.4 Å². The predicted octanol–water partition coefficient (Wildman–Crippen LogP) is 2.78. The summed E-state index contributed by atoms with van der Waals surface area (Å²) >= 11 is 7.29. The molecule has 2 aromatic rings. The second-order valence-electron chi connectivity index (χ2n) is 4.72. The van der Waals surface area contributed by atoms with Gasteiger partial charge in [-0.2, -0.15) is 5.10 Å². The summed E-state index contributed by atoms with van der Waals surface area (Å²) in [4.78, 5) is 13.0. The molecule has 0 N–H and O–H groups in total. The van der Waals surface area contributed by atoms with Crippen LogP contribution in [0.15, 0.2) is 0 Å². The first-order chi connectivity index (χ1) is 8.91. The number of carbonyl (C=O) groups excluding carboxylic acids is 1. The summed E-state index contributed by atoms with van der Waals surface area (Å²) in [6.45, 7) is 5.84. The number of ketones is 1. The third kappa shape index (κ3) is 2.69. The van der Waals surface area contributed by atoms with Crippen LogP contribution in [0, 0.1) is 6.92 Å². The summed E-state index contributed by atoms with van der Waals surface area (Å²) in [5.74, 6) is 0.180. The van der Waals surface area contributed by atoms with E-state index in [0.29, 0.717) is 10.0 Å². The molecule has 0 saturated heterocycles. The van der Waals surface area contributed by atoms with Gasteiger partial charge in [0.15, 0.2) is 5.78 Å². The lowest BCUT2D eigenvalue weighted by atomic mass is 10.0. The van der Waals surface area contributed by atoms with E-state index in [1.807, 2.05) is 20.8 Å². The van der Waals surface area contributed by atoms with Crippen LogP contribution < -0.4 is 0 Å². The van der Waals surface area contributed by atoms with Gasteiger partial charge in [-0.1, -0.05) is 29.9 Å². The molecular formula is C12H15ClN4OS. The summed E-state index contributed by atoms with van der Waals surface area (Å²) in [6, 6.07) is 0. The summed E-state index contributed by atoms with van der Waals surface area (Å²) in [6.07, 6.45) is 0.238. The number of hydrogen-bond donors (Lipinski definition) is 0. The summed E-state index contributed by atoms with van der Waals surface area (Å²) in [7, 11) is 1.76. The summed E-state index contributed by atoms with van der Waals surface area (Å²) in [5, 5.41) is 8.74. The molecule has 0 spiro atoms. The Hall–Kier alpha value is -1.27. The Morgan fingerprint density at radius 2 is 2.16 bits per heavy atom. The number of rotatable bonds is 4. The van der Waals surface area contributed by atoms with Crippen molar-refractivity contribution in [3.8, 4) is 0 Å². The quantitative estimate of drug-likeness (QED) is 0.814. The number of Topliss-reactive ketones (excluding diaryl/α,β-unsaturated/α-hetero) is 1. The molecule has 0 aromatic carbocycles. The Kier molecular flexibility index (Phi) is 4.01. The molecule has 2 aromatic heterocycles. The highest BCUT2D eigenvalue weighted by molar-refractivity contribution is 7.08. The van der Waals surface area contributed by atoms with E-state index in [1.165, 1.54) is 0 Å². The Morgan fingerprint density at radius 1 is 1.47 bits per heavy atom. The molecule has 7 heteroatoms. The smallest absolute Gasteiger partial charge is 0.180 e. The molecule has 19 heavy (non-hydrogen) atoms. The van der Waals surface area contributed by atoms with Crippen molar-refractivity contribution in [1.29, 1.82) is 0 Å². The van der Waals surface area contributed by atoms with E-state index in [1.54, 1.807) is 11.7 Å². The zero-order valence-electron chi connectivity index (χ0n) is 11.3. The summed E-state index contributed by atoms with van der Waals surface area (Å²) in [5.41, 5.74) is 2.31. The maximum atomic E-state index is 12.3. The van der Waals surface area contributed by atoms with Crippen LogP contribution in [0.4, 0.5) is 0 Å². The minimum absolute atomic E-state index is 0.00306. The first-order valence-corrected chi connectivity index (χ1v) is 7.10. The Balaban J connectivity index is 2.28. The van der Waals surface area contributed by atoms with Crippen molar-refractivity contribution in [3.63, 3.8) is 0 Å². The SMILES string of the molecule is Cc1nn(C)c(Cl)c1CC(=O)c1snnc1C(C)C. The van der Waals surface area contributed by atoms with E-state index in [-0.39, 0.29) is 18.1 Å². The van der Waals surface area contributed by atoms with Crippen LogP contribution in [0.25, 0.3) is 0 Å². The average molecular weight is 299 g/mol. The predicted molar refractivity (Wildman–Crippen MR) is 75.0 cm³/mol. The standard InChI is InChI=1S/C12H15ClN4OS/c1-6(2)10-11(19-16-14-10)9(18)5-8-7(3)15-17(4)12(8)13/h6H,5H2,1-4H3. The van der Waals surface area contributed by atoms with Crippen molar-refractivity contribution >= 4 is 28.9 Å². The Morgan fingerprint density at radius 3 is 2.68 bits per heavy atom. The van der Waals surface area contributed by atoms with Gasteiger partial charge in [-0.3, -0.25) is 9.48 Å². The van der Waals surface area contributed by atoms with Crippen LogP contribution in [0.5, 0.6) is 0 Å². The largest absolute Gasteiger partial charge is 0.293 e. The molecule has 5 nitrogen and oxygen atoms in total. The van der Waals surface area contributed by atoms with Gasteiger partial charge in [-0.15, -0.1) is 5.10 Å². The zero-order valence-corrected chi connectivity index (χ0v) is 12.8. The van der Waals surface area contributed by atoms with Crippen LogP contribution >= 0.6 is 23.1 Å². The zero-order chi connectivity index (χ0) is 14.2. The third-order valence-corrected chi connectivity index (χ3v) is 4.18. The van der Waals surface area contributed by atoms with Gasteiger partial charge in [-0.25, -0.2) is 0 Å². The van der Waals surface area contributed by atoms with Crippen molar-refractivity contribution in [2.45, 2.75) is 33.1 Å². The fourth-order valence-electron chi connectivity index (χ4n) is 1.88. The molecule has 0 atom stereocenters. The molecule has 0 saturated carbocycles. The minimum Gasteiger partial charge on any atom is -0.293 e. The number of nitrogens with zero attached hydrogens (tertiary/aromatic N) is 4. The van der Waals surface area contributed by atoms with Gasteiger partial charge in [0.05, 0.1) is 11.4 Å². The van der Waals surface area contributed by atoms with Gasteiger partial charge in [-0.05, 0) is 24.4 Å². The molecule has 0 fully saturated rings. The number of aromatic nitrogens is 4. The second-order valence-corrected chi connectivity index (χ2v) is 5.83. The number of hydrogen-bond acceptors (Lipinski definition) is 5. The number of halogens is 1. The molecule has 0 unspecified atom stereocenters. The molecular weight excluding hydrogens is 284 g/mol. The Bertz CT molecular complexity index is 617. The Labute approximate surface area is 120 Å². The number of aryl methyl sites for hydroxylation is 2. The fraction of sp³-hybridized carbons (Fsp3) is 0.500. The lowest BCUT2D eigenvalue weighted by Gasteiger charge is -2.03. The van der Waals surface area contributed by atoms with E-state index in [2.05, 4.69) is 14.7 Å². The van der Waals surface area contributed by atoms with Crippen molar-refractivity contribution in [3.05, 3.63) is 27.0 Å². The van der Waals surface area contributed by atoms with Crippen LogP contribution in [0.3, 0.4) is 0 Å². The molecule has 0 aliphatic carbocycles. The highest BCUT2D eigenvalue weighted by Gasteiger charge is 2.22. The topological polar surface area (TPSA) is 60.7 Å². The van der Waals surface area contributed by atoms with Gasteiger partial charge < -0.3 is 0 Å². The molecule has 0 radical (unpaired) electrons. The third-order valence-electron chi connectivity index (χ3n) is 2.92. The molecule has 0 bridgehead atoms. The molecule has 2 rings (SSSR count). The van der Waals surface area contributed by atoms with E-state index in [0.717, 1.165) is 28.5 Å².